The van der Waals surface area contributed by atoms with E-state index in [2.05, 4.69) is 51.6 Å². The highest BCUT2D eigenvalue weighted by atomic mass is 32.1. The van der Waals surface area contributed by atoms with Crippen molar-refractivity contribution in [3.05, 3.63) is 65.3 Å². The maximum absolute atomic E-state index is 4.34. The van der Waals surface area contributed by atoms with Crippen molar-refractivity contribution in [1.82, 2.24) is 15.2 Å². The van der Waals surface area contributed by atoms with Gasteiger partial charge >= 0.3 is 0 Å². The summed E-state index contributed by atoms with van der Waals surface area (Å²) in [7, 11) is 0. The highest BCUT2D eigenvalue weighted by Gasteiger charge is 2.25. The van der Waals surface area contributed by atoms with Gasteiger partial charge in [0.15, 0.2) is 0 Å². The number of benzene rings is 1. The van der Waals surface area contributed by atoms with Crippen LogP contribution in [-0.4, -0.2) is 36.1 Å². The molecular formula is C18H19N3S. The number of pyridine rings is 1. The average Bonchev–Trinajstić information content (AvgIpc) is 3.00. The van der Waals surface area contributed by atoms with Crippen molar-refractivity contribution >= 4 is 21.4 Å². The van der Waals surface area contributed by atoms with Gasteiger partial charge in [0.25, 0.3) is 0 Å². The Kier molecular flexibility index (Phi) is 3.89. The molecule has 0 spiro atoms. The van der Waals surface area contributed by atoms with Crippen LogP contribution in [0.3, 0.4) is 0 Å². The third kappa shape index (κ3) is 2.65. The van der Waals surface area contributed by atoms with E-state index < -0.39 is 0 Å². The highest BCUT2D eigenvalue weighted by molar-refractivity contribution is 7.19. The van der Waals surface area contributed by atoms with Gasteiger partial charge in [0.05, 0.1) is 6.04 Å². The van der Waals surface area contributed by atoms with Crippen LogP contribution < -0.4 is 5.32 Å². The van der Waals surface area contributed by atoms with Gasteiger partial charge in [-0.15, -0.1) is 11.3 Å². The fourth-order valence-corrected chi connectivity index (χ4v) is 4.40. The van der Waals surface area contributed by atoms with E-state index in [4.69, 9.17) is 0 Å². The number of nitrogens with one attached hydrogen (secondary N) is 1. The second-order valence-corrected chi connectivity index (χ2v) is 6.78. The Bertz CT molecular complexity index is 714. The second-order valence-electron chi connectivity index (χ2n) is 5.66. The van der Waals surface area contributed by atoms with E-state index in [0.717, 1.165) is 26.2 Å². The minimum atomic E-state index is 0.313. The number of fused-ring (bicyclic) bond motifs is 1. The third-order valence-electron chi connectivity index (χ3n) is 4.23. The van der Waals surface area contributed by atoms with Gasteiger partial charge in [0.2, 0.25) is 0 Å². The lowest BCUT2D eigenvalue weighted by atomic mass is 10.0. The fraction of sp³-hybridized carbons (Fsp3) is 0.278. The summed E-state index contributed by atoms with van der Waals surface area (Å²) >= 11 is 1.90. The Labute approximate surface area is 134 Å². The van der Waals surface area contributed by atoms with Crippen molar-refractivity contribution in [2.75, 3.05) is 26.2 Å². The zero-order valence-electron chi connectivity index (χ0n) is 12.4. The van der Waals surface area contributed by atoms with Crippen molar-refractivity contribution in [3.8, 4) is 0 Å². The summed E-state index contributed by atoms with van der Waals surface area (Å²) in [5.74, 6) is 0. The summed E-state index contributed by atoms with van der Waals surface area (Å²) in [6.45, 7) is 4.27. The monoisotopic (exact) mass is 309 g/mol. The minimum Gasteiger partial charge on any atom is -0.314 e. The smallest absolute Gasteiger partial charge is 0.0712 e. The number of hydrogen-bond donors (Lipinski definition) is 1. The first-order valence-corrected chi connectivity index (χ1v) is 8.56. The summed E-state index contributed by atoms with van der Waals surface area (Å²) in [6.07, 6.45) is 3.86. The number of hydrogen-bond acceptors (Lipinski definition) is 4. The first kappa shape index (κ1) is 13.9. The van der Waals surface area contributed by atoms with Crippen LogP contribution in [0.25, 0.3) is 10.1 Å². The van der Waals surface area contributed by atoms with Gasteiger partial charge < -0.3 is 5.32 Å². The lowest BCUT2D eigenvalue weighted by Crippen LogP contribution is -2.45. The number of rotatable bonds is 3. The van der Waals surface area contributed by atoms with Crippen LogP contribution in [-0.2, 0) is 0 Å². The molecule has 4 rings (SSSR count). The highest BCUT2D eigenvalue weighted by Crippen LogP contribution is 2.36. The summed E-state index contributed by atoms with van der Waals surface area (Å²) in [6, 6.07) is 15.5. The standard InChI is InChI=1S/C18H19N3S/c1-2-6-16-14(4-1)12-17(22-16)18(15-5-3-7-20-13-15)21-10-8-19-9-11-21/h1-7,12-13,18-19H,8-11H2. The fourth-order valence-electron chi connectivity index (χ4n) is 3.17. The summed E-state index contributed by atoms with van der Waals surface area (Å²) in [5, 5.41) is 4.78. The lowest BCUT2D eigenvalue weighted by molar-refractivity contribution is 0.200. The van der Waals surface area contributed by atoms with Gasteiger partial charge in [-0.3, -0.25) is 9.88 Å². The molecule has 4 heteroatoms. The van der Waals surface area contributed by atoms with E-state index >= 15 is 0 Å². The molecule has 3 nitrogen and oxygen atoms in total. The van der Waals surface area contributed by atoms with Crippen LogP contribution in [0, 0.1) is 0 Å². The molecule has 0 aliphatic carbocycles. The van der Waals surface area contributed by atoms with E-state index in [0.29, 0.717) is 6.04 Å². The van der Waals surface area contributed by atoms with Gasteiger partial charge in [-0.05, 0) is 29.1 Å². The van der Waals surface area contributed by atoms with Crippen LogP contribution >= 0.6 is 11.3 Å². The predicted octanol–water partition coefficient (Wildman–Crippen LogP) is 3.29. The molecule has 1 atom stereocenters. The van der Waals surface area contributed by atoms with Crippen LogP contribution in [0.4, 0.5) is 0 Å². The molecule has 0 radical (unpaired) electrons. The molecule has 3 heterocycles. The SMILES string of the molecule is c1cncc(C(c2cc3ccccc3s2)N2CCNCC2)c1. The van der Waals surface area contributed by atoms with Crippen molar-refractivity contribution in [3.63, 3.8) is 0 Å². The topological polar surface area (TPSA) is 28.2 Å². The van der Waals surface area contributed by atoms with E-state index in [1.807, 2.05) is 29.8 Å². The summed E-state index contributed by atoms with van der Waals surface area (Å²) in [5.41, 5.74) is 1.29. The molecule has 3 aromatic rings. The van der Waals surface area contributed by atoms with Crippen LogP contribution in [0.5, 0.6) is 0 Å². The lowest BCUT2D eigenvalue weighted by Gasteiger charge is -2.34. The maximum Gasteiger partial charge on any atom is 0.0712 e. The molecule has 0 saturated carbocycles. The van der Waals surface area contributed by atoms with Crippen LogP contribution in [0.1, 0.15) is 16.5 Å². The molecule has 0 bridgehead atoms. The molecule has 1 unspecified atom stereocenters. The number of piperazine rings is 1. The van der Waals surface area contributed by atoms with Crippen molar-refractivity contribution in [2.24, 2.45) is 0 Å². The zero-order chi connectivity index (χ0) is 14.8. The molecule has 1 aliphatic heterocycles. The van der Waals surface area contributed by atoms with E-state index in [1.54, 1.807) is 0 Å². The number of thiophene rings is 1. The van der Waals surface area contributed by atoms with Gasteiger partial charge in [0, 0.05) is 48.1 Å². The first-order valence-electron chi connectivity index (χ1n) is 7.75. The number of nitrogens with zero attached hydrogens (tertiary/aromatic N) is 2. The molecule has 1 fully saturated rings. The number of aromatic nitrogens is 1. The van der Waals surface area contributed by atoms with Gasteiger partial charge in [0.1, 0.15) is 0 Å². The van der Waals surface area contributed by atoms with Crippen molar-refractivity contribution in [2.45, 2.75) is 6.04 Å². The van der Waals surface area contributed by atoms with E-state index in [-0.39, 0.29) is 0 Å². The van der Waals surface area contributed by atoms with Gasteiger partial charge in [-0.25, -0.2) is 0 Å². The molecule has 112 valence electrons. The first-order chi connectivity index (χ1) is 10.9. The Morgan fingerprint density at radius 3 is 2.73 bits per heavy atom. The molecule has 1 saturated heterocycles. The van der Waals surface area contributed by atoms with E-state index in [1.165, 1.54) is 20.5 Å². The van der Waals surface area contributed by atoms with Crippen molar-refractivity contribution < 1.29 is 0 Å². The molecule has 2 aromatic heterocycles. The van der Waals surface area contributed by atoms with Gasteiger partial charge in [-0.2, -0.15) is 0 Å². The average molecular weight is 309 g/mol. The largest absolute Gasteiger partial charge is 0.314 e. The molecule has 0 amide bonds. The predicted molar refractivity (Wildman–Crippen MR) is 92.3 cm³/mol. The van der Waals surface area contributed by atoms with Gasteiger partial charge in [-0.1, -0.05) is 24.3 Å². The normalized spacial score (nSPS) is 17.6. The minimum absolute atomic E-state index is 0.313. The Morgan fingerprint density at radius 1 is 1.09 bits per heavy atom. The van der Waals surface area contributed by atoms with E-state index in [9.17, 15) is 0 Å². The molecule has 22 heavy (non-hydrogen) atoms. The molecule has 1 aromatic carbocycles. The summed E-state index contributed by atoms with van der Waals surface area (Å²) < 4.78 is 1.36. The molecule has 1 N–H and O–H groups in total. The zero-order valence-corrected chi connectivity index (χ0v) is 13.2. The Hall–Kier alpha value is -1.75. The summed E-state index contributed by atoms with van der Waals surface area (Å²) in [4.78, 5) is 8.32. The third-order valence-corrected chi connectivity index (χ3v) is 5.40. The maximum atomic E-state index is 4.34. The Balaban J connectivity index is 1.78. The van der Waals surface area contributed by atoms with Crippen LogP contribution in [0.15, 0.2) is 54.9 Å². The van der Waals surface area contributed by atoms with Crippen molar-refractivity contribution in [1.29, 1.82) is 0 Å². The quantitative estimate of drug-likeness (QED) is 0.805. The Morgan fingerprint density at radius 2 is 1.95 bits per heavy atom. The van der Waals surface area contributed by atoms with Crippen LogP contribution in [0.2, 0.25) is 0 Å². The second kappa shape index (κ2) is 6.16. The molecule has 1 aliphatic rings. The molecular weight excluding hydrogens is 290 g/mol.